The minimum absolute atomic E-state index is 0.00523. The van der Waals surface area contributed by atoms with Crippen LogP contribution in [0.4, 0.5) is 4.39 Å². The Hall–Kier alpha value is -0.930. The first kappa shape index (κ1) is 17.1. The molecule has 0 spiro atoms. The molecule has 0 bridgehead atoms. The second-order valence-electron chi connectivity index (χ2n) is 6.34. The van der Waals surface area contributed by atoms with Crippen molar-refractivity contribution in [2.45, 2.75) is 53.7 Å². The van der Waals surface area contributed by atoms with E-state index in [0.717, 1.165) is 17.7 Å². The number of halogens is 1. The first-order chi connectivity index (χ1) is 9.29. The topological polar surface area (TPSA) is 21.3 Å². The molecule has 0 aliphatic rings. The summed E-state index contributed by atoms with van der Waals surface area (Å²) in [5.74, 6) is -0.188. The van der Waals surface area contributed by atoms with Crippen molar-refractivity contribution in [3.8, 4) is 0 Å². The maximum absolute atomic E-state index is 13.7. The van der Waals surface area contributed by atoms with Gasteiger partial charge in [0.15, 0.2) is 0 Å². The van der Waals surface area contributed by atoms with E-state index in [0.29, 0.717) is 6.61 Å². The van der Waals surface area contributed by atoms with E-state index in [1.54, 1.807) is 12.1 Å². The van der Waals surface area contributed by atoms with Crippen LogP contribution in [0.5, 0.6) is 0 Å². The molecule has 114 valence electrons. The van der Waals surface area contributed by atoms with Gasteiger partial charge in [-0.3, -0.25) is 0 Å². The maximum atomic E-state index is 13.7. The number of hydrogen-bond donors (Lipinski definition) is 1. The fraction of sp³-hybridized carbons (Fsp3) is 0.647. The van der Waals surface area contributed by atoms with E-state index in [2.05, 4.69) is 33.0 Å². The number of aryl methyl sites for hydroxylation is 1. The lowest BCUT2D eigenvalue weighted by Crippen LogP contribution is -2.42. The van der Waals surface area contributed by atoms with Crippen LogP contribution >= 0.6 is 0 Å². The van der Waals surface area contributed by atoms with E-state index in [4.69, 9.17) is 4.74 Å². The van der Waals surface area contributed by atoms with E-state index in [9.17, 15) is 4.39 Å². The molecule has 2 atom stereocenters. The van der Waals surface area contributed by atoms with Crippen LogP contribution < -0.4 is 5.32 Å². The lowest BCUT2D eigenvalue weighted by molar-refractivity contribution is -0.0363. The number of rotatable bonds is 6. The highest BCUT2D eigenvalue weighted by Gasteiger charge is 2.33. The van der Waals surface area contributed by atoms with E-state index in [1.807, 2.05) is 19.9 Å². The monoisotopic (exact) mass is 281 g/mol. The van der Waals surface area contributed by atoms with Crippen LogP contribution in [-0.2, 0) is 4.74 Å². The van der Waals surface area contributed by atoms with Gasteiger partial charge in [0.25, 0.3) is 0 Å². The molecule has 1 rings (SSSR count). The summed E-state index contributed by atoms with van der Waals surface area (Å²) in [4.78, 5) is 0. The average Bonchev–Trinajstić information content (AvgIpc) is 2.31. The highest BCUT2D eigenvalue weighted by Crippen LogP contribution is 2.33. The summed E-state index contributed by atoms with van der Waals surface area (Å²) in [7, 11) is 0. The molecule has 2 nitrogen and oxygen atoms in total. The lowest BCUT2D eigenvalue weighted by Gasteiger charge is -2.37. The molecule has 0 amide bonds. The Morgan fingerprint density at radius 1 is 1.20 bits per heavy atom. The number of likely N-dealkylation sites (N-methyl/N-ethyl adjacent to an activating group) is 1. The molecule has 1 aromatic carbocycles. The third-order valence-corrected chi connectivity index (χ3v) is 3.35. The van der Waals surface area contributed by atoms with Crippen molar-refractivity contribution in [1.82, 2.24) is 5.32 Å². The van der Waals surface area contributed by atoms with Gasteiger partial charge in [-0.15, -0.1) is 0 Å². The quantitative estimate of drug-likeness (QED) is 0.842. The van der Waals surface area contributed by atoms with Gasteiger partial charge in [-0.05, 0) is 49.1 Å². The van der Waals surface area contributed by atoms with Gasteiger partial charge in [0.1, 0.15) is 5.82 Å². The molecule has 0 heterocycles. The minimum atomic E-state index is -0.188. The molecule has 0 radical (unpaired) electrons. The fourth-order valence-electron chi connectivity index (χ4n) is 2.59. The van der Waals surface area contributed by atoms with E-state index < -0.39 is 0 Å². The van der Waals surface area contributed by atoms with E-state index in [-0.39, 0.29) is 23.4 Å². The van der Waals surface area contributed by atoms with Crippen LogP contribution in [-0.4, -0.2) is 19.3 Å². The lowest BCUT2D eigenvalue weighted by atomic mass is 9.81. The van der Waals surface area contributed by atoms with E-state index in [1.165, 1.54) is 0 Å². The second-order valence-corrected chi connectivity index (χ2v) is 6.34. The Balaban J connectivity index is 3.19. The van der Waals surface area contributed by atoms with Crippen molar-refractivity contribution in [3.63, 3.8) is 0 Å². The van der Waals surface area contributed by atoms with Crippen molar-refractivity contribution >= 4 is 0 Å². The van der Waals surface area contributed by atoms with Gasteiger partial charge in [0.05, 0.1) is 12.1 Å². The molecule has 2 unspecified atom stereocenters. The number of benzene rings is 1. The van der Waals surface area contributed by atoms with Crippen molar-refractivity contribution in [3.05, 3.63) is 35.1 Å². The largest absolute Gasteiger partial charge is 0.376 e. The molecule has 20 heavy (non-hydrogen) atoms. The van der Waals surface area contributed by atoms with Crippen LogP contribution in [0.3, 0.4) is 0 Å². The molecular weight excluding hydrogens is 253 g/mol. The zero-order chi connectivity index (χ0) is 15.3. The van der Waals surface area contributed by atoms with Crippen LogP contribution in [0.1, 0.15) is 51.8 Å². The predicted octanol–water partition coefficient (Wildman–Crippen LogP) is 4.24. The summed E-state index contributed by atoms with van der Waals surface area (Å²) in [6.07, 6.45) is -0.00588. The third-order valence-electron chi connectivity index (χ3n) is 3.35. The molecule has 1 aromatic rings. The van der Waals surface area contributed by atoms with Gasteiger partial charge in [-0.25, -0.2) is 4.39 Å². The normalized spacial score (nSPS) is 15.2. The molecule has 0 aromatic heterocycles. The highest BCUT2D eigenvalue weighted by molar-refractivity contribution is 5.27. The van der Waals surface area contributed by atoms with Gasteiger partial charge >= 0.3 is 0 Å². The van der Waals surface area contributed by atoms with Gasteiger partial charge in [-0.1, -0.05) is 33.8 Å². The predicted molar refractivity (Wildman–Crippen MR) is 82.4 cm³/mol. The number of nitrogens with one attached hydrogen (secondary N) is 1. The molecule has 0 saturated heterocycles. The smallest absolute Gasteiger partial charge is 0.123 e. The first-order valence-corrected chi connectivity index (χ1v) is 7.41. The van der Waals surface area contributed by atoms with E-state index >= 15 is 0 Å². The third kappa shape index (κ3) is 4.57. The molecule has 0 saturated carbocycles. The highest BCUT2D eigenvalue weighted by atomic mass is 19.1. The number of hydrogen-bond acceptors (Lipinski definition) is 2. The van der Waals surface area contributed by atoms with Crippen LogP contribution in [0.15, 0.2) is 18.2 Å². The van der Waals surface area contributed by atoms with Crippen LogP contribution in [0, 0.1) is 18.2 Å². The standard InChI is InChI=1S/C17H28FNO/c1-7-19-15(16(20-8-2)17(4,5)6)13-9-12(3)10-14(18)11-13/h9-11,15-16,19H,7-8H2,1-6H3. The molecule has 0 fully saturated rings. The van der Waals surface area contributed by atoms with Crippen molar-refractivity contribution in [1.29, 1.82) is 0 Å². The average molecular weight is 281 g/mol. The molecule has 3 heteroatoms. The SMILES string of the molecule is CCNC(c1cc(C)cc(F)c1)C(OCC)C(C)(C)C. The fourth-order valence-corrected chi connectivity index (χ4v) is 2.59. The molecule has 0 aliphatic heterocycles. The van der Waals surface area contributed by atoms with Gasteiger partial charge < -0.3 is 10.1 Å². The van der Waals surface area contributed by atoms with Crippen molar-refractivity contribution < 1.29 is 9.13 Å². The molecular formula is C17H28FNO. The van der Waals surface area contributed by atoms with Crippen molar-refractivity contribution in [2.24, 2.45) is 5.41 Å². The summed E-state index contributed by atoms with van der Waals surface area (Å²) < 4.78 is 19.7. The Morgan fingerprint density at radius 2 is 1.85 bits per heavy atom. The Kier molecular flexibility index (Phi) is 6.15. The summed E-state index contributed by atoms with van der Waals surface area (Å²) in [5, 5.41) is 3.45. The minimum Gasteiger partial charge on any atom is -0.376 e. The summed E-state index contributed by atoms with van der Waals surface area (Å²) in [6.45, 7) is 13.9. The van der Waals surface area contributed by atoms with Crippen molar-refractivity contribution in [2.75, 3.05) is 13.2 Å². The maximum Gasteiger partial charge on any atom is 0.123 e. The van der Waals surface area contributed by atoms with Gasteiger partial charge in [0, 0.05) is 6.61 Å². The Morgan fingerprint density at radius 3 is 2.30 bits per heavy atom. The summed E-state index contributed by atoms with van der Waals surface area (Å²) in [5.41, 5.74) is 1.87. The van der Waals surface area contributed by atoms with Crippen LogP contribution in [0.2, 0.25) is 0 Å². The Labute approximate surface area is 122 Å². The van der Waals surface area contributed by atoms with Crippen LogP contribution in [0.25, 0.3) is 0 Å². The van der Waals surface area contributed by atoms with Gasteiger partial charge in [0.2, 0.25) is 0 Å². The zero-order valence-electron chi connectivity index (χ0n) is 13.6. The molecule has 1 N–H and O–H groups in total. The first-order valence-electron chi connectivity index (χ1n) is 7.41. The zero-order valence-corrected chi connectivity index (χ0v) is 13.6. The van der Waals surface area contributed by atoms with Gasteiger partial charge in [-0.2, -0.15) is 0 Å². The summed E-state index contributed by atoms with van der Waals surface area (Å²) >= 11 is 0. The number of ether oxygens (including phenoxy) is 1. The Bertz CT molecular complexity index is 405. The molecule has 0 aliphatic carbocycles. The second kappa shape index (κ2) is 7.19. The summed E-state index contributed by atoms with van der Waals surface area (Å²) in [6, 6.07) is 5.19.